The van der Waals surface area contributed by atoms with Crippen LogP contribution in [0.25, 0.3) is 0 Å². The zero-order valence-electron chi connectivity index (χ0n) is 8.48. The van der Waals surface area contributed by atoms with E-state index in [2.05, 4.69) is 0 Å². The zero-order valence-corrected chi connectivity index (χ0v) is 9.24. The summed E-state index contributed by atoms with van der Waals surface area (Å²) in [7, 11) is 0. The van der Waals surface area contributed by atoms with E-state index in [0.717, 1.165) is 6.42 Å². The monoisotopic (exact) mass is 215 g/mol. The van der Waals surface area contributed by atoms with Crippen molar-refractivity contribution in [2.75, 3.05) is 0 Å². The Hall–Kier alpha value is -0.600. The third-order valence-corrected chi connectivity index (χ3v) is 2.36. The summed E-state index contributed by atoms with van der Waals surface area (Å²) in [5.74, 6) is -0.321. The van der Waals surface area contributed by atoms with Crippen LogP contribution in [0.4, 0.5) is 4.39 Å². The minimum Gasteiger partial charge on any atom is -0.326 e. The van der Waals surface area contributed by atoms with Crippen LogP contribution in [-0.2, 0) is 6.42 Å². The average molecular weight is 216 g/mol. The number of halogens is 2. The molecule has 0 aliphatic heterocycles. The molecule has 1 aromatic rings. The van der Waals surface area contributed by atoms with E-state index < -0.39 is 0 Å². The fourth-order valence-electron chi connectivity index (χ4n) is 1.20. The minimum absolute atomic E-state index is 0.178. The molecule has 14 heavy (non-hydrogen) atoms. The highest BCUT2D eigenvalue weighted by Gasteiger charge is 2.13. The first-order valence-electron chi connectivity index (χ1n) is 4.62. The van der Waals surface area contributed by atoms with E-state index >= 15 is 0 Å². The predicted octanol–water partition coefficient (Wildman–Crippen LogP) is 3.15. The molecule has 1 aromatic carbocycles. The fraction of sp³-hybridized carbons (Fsp3) is 0.455. The Morgan fingerprint density at radius 2 is 2.07 bits per heavy atom. The van der Waals surface area contributed by atoms with E-state index in [1.807, 2.05) is 13.8 Å². The van der Waals surface area contributed by atoms with E-state index in [1.54, 1.807) is 18.2 Å². The lowest BCUT2D eigenvalue weighted by Gasteiger charge is -2.18. The highest BCUT2D eigenvalue weighted by atomic mass is 35.5. The third-order valence-electron chi connectivity index (χ3n) is 2.07. The summed E-state index contributed by atoms with van der Waals surface area (Å²) in [5, 5.41) is 0.178. The molecule has 0 saturated heterocycles. The van der Waals surface area contributed by atoms with Crippen LogP contribution in [0.5, 0.6) is 0 Å². The van der Waals surface area contributed by atoms with Crippen molar-refractivity contribution in [3.05, 3.63) is 34.6 Å². The maximum absolute atomic E-state index is 13.4. The van der Waals surface area contributed by atoms with E-state index in [-0.39, 0.29) is 16.4 Å². The molecule has 0 aromatic heterocycles. The lowest BCUT2D eigenvalue weighted by atomic mass is 9.96. The van der Waals surface area contributed by atoms with Gasteiger partial charge in [0.25, 0.3) is 0 Å². The van der Waals surface area contributed by atoms with Crippen molar-refractivity contribution in [1.29, 1.82) is 0 Å². The number of benzene rings is 1. The van der Waals surface area contributed by atoms with Crippen molar-refractivity contribution in [1.82, 2.24) is 0 Å². The Morgan fingerprint density at radius 1 is 1.43 bits per heavy atom. The molecular weight excluding hydrogens is 201 g/mol. The van der Waals surface area contributed by atoms with Crippen molar-refractivity contribution in [2.24, 2.45) is 5.73 Å². The molecule has 0 saturated carbocycles. The van der Waals surface area contributed by atoms with Gasteiger partial charge in [0.15, 0.2) is 0 Å². The Morgan fingerprint density at radius 3 is 2.64 bits per heavy atom. The van der Waals surface area contributed by atoms with Crippen LogP contribution in [-0.4, -0.2) is 5.54 Å². The molecule has 0 heterocycles. The summed E-state index contributed by atoms with van der Waals surface area (Å²) in [4.78, 5) is 0. The molecule has 0 atom stereocenters. The minimum atomic E-state index is -0.321. The summed E-state index contributed by atoms with van der Waals surface area (Å²) in [5.41, 5.74) is 6.18. The maximum atomic E-state index is 13.4. The molecule has 0 bridgehead atoms. The summed E-state index contributed by atoms with van der Waals surface area (Å²) >= 11 is 5.66. The number of rotatable bonds is 3. The Kier molecular flexibility index (Phi) is 3.51. The molecule has 0 aliphatic carbocycles. The average Bonchev–Trinajstić information content (AvgIpc) is 2.06. The standard InChI is InChI=1S/C11H15ClFN/c1-11(2,14)7-6-8-4-3-5-9(12)10(8)13/h3-5H,6-7,14H2,1-2H3. The van der Waals surface area contributed by atoms with Gasteiger partial charge in [-0.05, 0) is 38.3 Å². The van der Waals surface area contributed by atoms with Crippen LogP contribution in [0.2, 0.25) is 5.02 Å². The maximum Gasteiger partial charge on any atom is 0.144 e. The molecule has 2 N–H and O–H groups in total. The zero-order chi connectivity index (χ0) is 10.8. The number of hydrogen-bond acceptors (Lipinski definition) is 1. The molecule has 0 spiro atoms. The van der Waals surface area contributed by atoms with E-state index in [9.17, 15) is 4.39 Å². The number of hydrogen-bond donors (Lipinski definition) is 1. The Labute approximate surface area is 89.1 Å². The van der Waals surface area contributed by atoms with Crippen LogP contribution >= 0.6 is 11.6 Å². The SMILES string of the molecule is CC(C)(N)CCc1cccc(Cl)c1F. The van der Waals surface area contributed by atoms with Crippen LogP contribution in [0.1, 0.15) is 25.8 Å². The topological polar surface area (TPSA) is 26.0 Å². The van der Waals surface area contributed by atoms with Gasteiger partial charge in [-0.3, -0.25) is 0 Å². The normalized spacial score (nSPS) is 11.8. The van der Waals surface area contributed by atoms with Crippen molar-refractivity contribution in [3.63, 3.8) is 0 Å². The van der Waals surface area contributed by atoms with Gasteiger partial charge in [0.05, 0.1) is 5.02 Å². The number of aryl methyl sites for hydroxylation is 1. The molecule has 0 radical (unpaired) electrons. The van der Waals surface area contributed by atoms with E-state index in [4.69, 9.17) is 17.3 Å². The van der Waals surface area contributed by atoms with Gasteiger partial charge in [-0.25, -0.2) is 4.39 Å². The van der Waals surface area contributed by atoms with Gasteiger partial charge in [-0.1, -0.05) is 23.7 Å². The van der Waals surface area contributed by atoms with Gasteiger partial charge in [-0.15, -0.1) is 0 Å². The smallest absolute Gasteiger partial charge is 0.144 e. The Bertz CT molecular complexity index is 318. The van der Waals surface area contributed by atoms with Gasteiger partial charge < -0.3 is 5.73 Å². The van der Waals surface area contributed by atoms with Crippen LogP contribution < -0.4 is 5.73 Å². The Balaban J connectivity index is 2.73. The van der Waals surface area contributed by atoms with E-state index in [1.165, 1.54) is 0 Å². The second-order valence-corrected chi connectivity index (χ2v) is 4.61. The molecule has 3 heteroatoms. The van der Waals surface area contributed by atoms with Crippen molar-refractivity contribution < 1.29 is 4.39 Å². The lowest BCUT2D eigenvalue weighted by molar-refractivity contribution is 0.470. The summed E-state index contributed by atoms with van der Waals surface area (Å²) in [6.07, 6.45) is 1.36. The highest BCUT2D eigenvalue weighted by Crippen LogP contribution is 2.20. The van der Waals surface area contributed by atoms with Crippen molar-refractivity contribution in [3.8, 4) is 0 Å². The van der Waals surface area contributed by atoms with Crippen molar-refractivity contribution in [2.45, 2.75) is 32.2 Å². The molecule has 0 aliphatic rings. The first kappa shape index (κ1) is 11.5. The van der Waals surface area contributed by atoms with Gasteiger partial charge in [0, 0.05) is 5.54 Å². The van der Waals surface area contributed by atoms with E-state index in [0.29, 0.717) is 12.0 Å². The predicted molar refractivity (Wildman–Crippen MR) is 58.0 cm³/mol. The molecule has 1 rings (SSSR count). The fourth-order valence-corrected chi connectivity index (χ4v) is 1.39. The summed E-state index contributed by atoms with van der Waals surface area (Å²) in [6.45, 7) is 3.85. The van der Waals surface area contributed by atoms with Gasteiger partial charge in [0.2, 0.25) is 0 Å². The van der Waals surface area contributed by atoms with Crippen LogP contribution in [0, 0.1) is 5.82 Å². The van der Waals surface area contributed by atoms with Gasteiger partial charge in [0.1, 0.15) is 5.82 Å². The third kappa shape index (κ3) is 3.28. The number of nitrogens with two attached hydrogens (primary N) is 1. The van der Waals surface area contributed by atoms with Crippen LogP contribution in [0.3, 0.4) is 0 Å². The second-order valence-electron chi connectivity index (χ2n) is 4.20. The first-order chi connectivity index (χ1) is 6.40. The lowest BCUT2D eigenvalue weighted by Crippen LogP contribution is -2.32. The highest BCUT2D eigenvalue weighted by molar-refractivity contribution is 6.30. The molecule has 78 valence electrons. The first-order valence-corrected chi connectivity index (χ1v) is 5.00. The summed E-state index contributed by atoms with van der Waals surface area (Å²) in [6, 6.07) is 5.05. The van der Waals surface area contributed by atoms with Crippen molar-refractivity contribution >= 4 is 11.6 Å². The largest absolute Gasteiger partial charge is 0.326 e. The second kappa shape index (κ2) is 4.28. The van der Waals surface area contributed by atoms with Gasteiger partial charge in [-0.2, -0.15) is 0 Å². The molecule has 0 fully saturated rings. The quantitative estimate of drug-likeness (QED) is 0.824. The van der Waals surface area contributed by atoms with Gasteiger partial charge >= 0.3 is 0 Å². The molecular formula is C11H15ClFN. The molecule has 0 unspecified atom stereocenters. The molecule has 0 amide bonds. The summed E-state index contributed by atoms with van der Waals surface area (Å²) < 4.78 is 13.4. The molecule has 1 nitrogen and oxygen atoms in total. The van der Waals surface area contributed by atoms with Crippen LogP contribution in [0.15, 0.2) is 18.2 Å².